The molecule has 0 N–H and O–H groups in total. The molecule has 2 heteroatoms. The normalized spacial score (nSPS) is 14.7. The predicted octanol–water partition coefficient (Wildman–Crippen LogP) is 3.34. The van der Waals surface area contributed by atoms with Gasteiger partial charge >= 0.3 is 0 Å². The molecule has 72 valence electrons. The lowest BCUT2D eigenvalue weighted by Gasteiger charge is -1.86. The van der Waals surface area contributed by atoms with Crippen molar-refractivity contribution in [3.05, 3.63) is 29.8 Å². The Morgan fingerprint density at radius 1 is 1.46 bits per heavy atom. The summed E-state index contributed by atoms with van der Waals surface area (Å²) in [7, 11) is 0. The Hall–Kier alpha value is -0.920. The summed E-state index contributed by atoms with van der Waals surface area (Å²) in [6.07, 6.45) is 7.24. The average molecular weight is 181 g/mol. The smallest absolute Gasteiger partial charge is 0.141 e. The van der Waals surface area contributed by atoms with E-state index in [0.717, 1.165) is 11.5 Å². The third kappa shape index (κ3) is 4.61. The highest BCUT2D eigenvalue weighted by atomic mass is 19.1. The fourth-order valence-corrected chi connectivity index (χ4v) is 1.04. The van der Waals surface area contributed by atoms with Crippen molar-refractivity contribution in [3.8, 4) is 0 Å². The first-order valence-electron chi connectivity index (χ1n) is 4.79. The van der Waals surface area contributed by atoms with Crippen LogP contribution < -0.4 is 0 Å². The van der Waals surface area contributed by atoms with Crippen molar-refractivity contribution in [2.75, 3.05) is 0 Å². The first-order valence-corrected chi connectivity index (χ1v) is 4.79. The number of aromatic nitrogens is 1. The van der Waals surface area contributed by atoms with E-state index in [2.05, 4.69) is 11.9 Å². The highest BCUT2D eigenvalue weighted by Crippen LogP contribution is 2.31. The Morgan fingerprint density at radius 2 is 2.15 bits per heavy atom. The van der Waals surface area contributed by atoms with Gasteiger partial charge in [-0.1, -0.05) is 26.2 Å². The number of aryl methyl sites for hydroxylation is 1. The molecule has 0 spiro atoms. The summed E-state index contributed by atoms with van der Waals surface area (Å²) in [6, 6.07) is 1.44. The monoisotopic (exact) mass is 181 g/mol. The van der Waals surface area contributed by atoms with E-state index in [1.54, 1.807) is 13.1 Å². The second kappa shape index (κ2) is 4.95. The van der Waals surface area contributed by atoms with Gasteiger partial charge in [-0.3, -0.25) is 4.98 Å². The molecule has 1 saturated carbocycles. The highest BCUT2D eigenvalue weighted by Gasteiger charge is 2.17. The van der Waals surface area contributed by atoms with Crippen LogP contribution in [-0.4, -0.2) is 4.98 Å². The fourth-order valence-electron chi connectivity index (χ4n) is 1.04. The van der Waals surface area contributed by atoms with Gasteiger partial charge in [-0.05, 0) is 24.5 Å². The van der Waals surface area contributed by atoms with Crippen LogP contribution in [0.3, 0.4) is 0 Å². The van der Waals surface area contributed by atoms with Crippen molar-refractivity contribution in [1.29, 1.82) is 0 Å². The van der Waals surface area contributed by atoms with E-state index in [-0.39, 0.29) is 5.82 Å². The first kappa shape index (κ1) is 10.2. The fraction of sp³-hybridized carbons (Fsp3) is 0.545. The minimum absolute atomic E-state index is 0.273. The maximum absolute atomic E-state index is 12.1. The van der Waals surface area contributed by atoms with E-state index < -0.39 is 0 Å². The molecular weight excluding hydrogens is 165 g/mol. The number of pyridine rings is 1. The summed E-state index contributed by atoms with van der Waals surface area (Å²) < 4.78 is 12.1. The number of hydrogen-bond donors (Lipinski definition) is 0. The largest absolute Gasteiger partial charge is 0.261 e. The number of halogens is 1. The molecule has 0 saturated heterocycles. The molecule has 1 heterocycles. The van der Waals surface area contributed by atoms with Gasteiger partial charge in [-0.15, -0.1) is 0 Å². The van der Waals surface area contributed by atoms with Crippen LogP contribution in [0, 0.1) is 18.7 Å². The molecule has 1 aliphatic rings. The van der Waals surface area contributed by atoms with Crippen molar-refractivity contribution in [2.45, 2.75) is 33.1 Å². The van der Waals surface area contributed by atoms with E-state index in [0.29, 0.717) is 0 Å². The van der Waals surface area contributed by atoms with Gasteiger partial charge in [0.05, 0.1) is 6.20 Å². The Bertz CT molecular complexity index is 239. The molecule has 0 radical (unpaired) electrons. The van der Waals surface area contributed by atoms with E-state index in [4.69, 9.17) is 0 Å². The van der Waals surface area contributed by atoms with E-state index in [1.165, 1.54) is 31.5 Å². The van der Waals surface area contributed by atoms with Gasteiger partial charge in [0.25, 0.3) is 0 Å². The zero-order valence-corrected chi connectivity index (χ0v) is 8.26. The molecule has 0 aliphatic heterocycles. The standard InChI is InChI=1S/C6H6FN.C5H10/c1-5-2-6(7)4-8-3-5;1-2-5-3-4-5/h2-4H,1H3;5H,2-4H2,1H3. The van der Waals surface area contributed by atoms with Gasteiger partial charge in [0.15, 0.2) is 0 Å². The minimum atomic E-state index is -0.273. The molecule has 0 amide bonds. The van der Waals surface area contributed by atoms with E-state index in [1.807, 2.05) is 0 Å². The SMILES string of the molecule is CCC1CC1.Cc1cncc(F)c1. The Kier molecular flexibility index (Phi) is 3.87. The summed E-state index contributed by atoms with van der Waals surface area (Å²) in [6.45, 7) is 4.06. The molecule has 1 aliphatic carbocycles. The molecule has 1 fully saturated rings. The molecule has 0 aromatic carbocycles. The second-order valence-corrected chi connectivity index (χ2v) is 3.53. The van der Waals surface area contributed by atoms with Gasteiger partial charge in [-0.2, -0.15) is 0 Å². The maximum atomic E-state index is 12.1. The van der Waals surface area contributed by atoms with Crippen molar-refractivity contribution in [1.82, 2.24) is 4.98 Å². The molecule has 1 aromatic heterocycles. The lowest BCUT2D eigenvalue weighted by Crippen LogP contribution is -1.77. The zero-order valence-electron chi connectivity index (χ0n) is 8.26. The molecular formula is C11H16FN. The molecule has 1 nitrogen and oxygen atoms in total. The number of rotatable bonds is 1. The summed E-state index contributed by atoms with van der Waals surface area (Å²) in [5, 5.41) is 0. The van der Waals surface area contributed by atoms with Crippen molar-refractivity contribution >= 4 is 0 Å². The van der Waals surface area contributed by atoms with Crippen molar-refractivity contribution in [3.63, 3.8) is 0 Å². The molecule has 2 rings (SSSR count). The van der Waals surface area contributed by atoms with Gasteiger partial charge in [-0.25, -0.2) is 4.39 Å². The molecule has 0 bridgehead atoms. The van der Waals surface area contributed by atoms with Crippen LogP contribution in [0.25, 0.3) is 0 Å². The molecule has 0 unspecified atom stereocenters. The number of hydrogen-bond acceptors (Lipinski definition) is 1. The third-order valence-electron chi connectivity index (χ3n) is 2.12. The van der Waals surface area contributed by atoms with E-state index in [9.17, 15) is 4.39 Å². The zero-order chi connectivity index (χ0) is 9.68. The van der Waals surface area contributed by atoms with Gasteiger partial charge in [0.1, 0.15) is 5.82 Å². The molecule has 0 atom stereocenters. The lowest BCUT2D eigenvalue weighted by atomic mass is 10.3. The van der Waals surface area contributed by atoms with Crippen molar-refractivity contribution in [2.24, 2.45) is 5.92 Å². The minimum Gasteiger partial charge on any atom is -0.261 e. The average Bonchev–Trinajstić information content (AvgIpc) is 2.87. The second-order valence-electron chi connectivity index (χ2n) is 3.53. The molecule has 13 heavy (non-hydrogen) atoms. The Morgan fingerprint density at radius 3 is 2.38 bits per heavy atom. The van der Waals surface area contributed by atoms with E-state index >= 15 is 0 Å². The number of nitrogens with zero attached hydrogens (tertiary/aromatic N) is 1. The molecule has 1 aromatic rings. The van der Waals surface area contributed by atoms with Crippen LogP contribution in [0.15, 0.2) is 18.5 Å². The van der Waals surface area contributed by atoms with Crippen LogP contribution in [-0.2, 0) is 0 Å². The summed E-state index contributed by atoms with van der Waals surface area (Å²) in [5.41, 5.74) is 0.852. The quantitative estimate of drug-likeness (QED) is 0.647. The lowest BCUT2D eigenvalue weighted by molar-refractivity contribution is 0.620. The summed E-state index contributed by atoms with van der Waals surface area (Å²) in [5.74, 6) is 0.861. The first-order chi connectivity index (χ1) is 6.22. The summed E-state index contributed by atoms with van der Waals surface area (Å²) >= 11 is 0. The Labute approximate surface area is 79.0 Å². The van der Waals surface area contributed by atoms with Gasteiger partial charge in [0.2, 0.25) is 0 Å². The van der Waals surface area contributed by atoms with Crippen LogP contribution >= 0.6 is 0 Å². The van der Waals surface area contributed by atoms with Crippen LogP contribution in [0.1, 0.15) is 31.7 Å². The third-order valence-corrected chi connectivity index (χ3v) is 2.12. The van der Waals surface area contributed by atoms with Crippen LogP contribution in [0.2, 0.25) is 0 Å². The summed E-state index contributed by atoms with van der Waals surface area (Å²) in [4.78, 5) is 3.61. The van der Waals surface area contributed by atoms with Gasteiger partial charge in [0, 0.05) is 6.20 Å². The topological polar surface area (TPSA) is 12.9 Å². The van der Waals surface area contributed by atoms with Crippen LogP contribution in [0.4, 0.5) is 4.39 Å². The highest BCUT2D eigenvalue weighted by molar-refractivity contribution is 5.06. The predicted molar refractivity (Wildman–Crippen MR) is 51.9 cm³/mol. The maximum Gasteiger partial charge on any atom is 0.141 e. The van der Waals surface area contributed by atoms with Crippen LogP contribution in [0.5, 0.6) is 0 Å². The van der Waals surface area contributed by atoms with Crippen molar-refractivity contribution < 1.29 is 4.39 Å². The van der Waals surface area contributed by atoms with Gasteiger partial charge < -0.3 is 0 Å². The Balaban J connectivity index is 0.000000145.